The van der Waals surface area contributed by atoms with Crippen LogP contribution >= 0.6 is 11.8 Å². The number of hydrogen-bond donors (Lipinski definition) is 1. The van der Waals surface area contributed by atoms with Crippen molar-refractivity contribution in [3.63, 3.8) is 0 Å². The third-order valence-corrected chi connectivity index (χ3v) is 6.53. The highest BCUT2D eigenvalue weighted by molar-refractivity contribution is 8.00. The van der Waals surface area contributed by atoms with Crippen molar-refractivity contribution in [1.29, 1.82) is 0 Å². The molecule has 1 aliphatic carbocycles. The predicted molar refractivity (Wildman–Crippen MR) is 93.9 cm³/mol. The lowest BCUT2D eigenvalue weighted by molar-refractivity contribution is -0.121. The molecule has 1 aromatic rings. The van der Waals surface area contributed by atoms with Crippen LogP contribution in [-0.2, 0) is 19.1 Å². The Morgan fingerprint density at radius 2 is 1.72 bits per heavy atom. The van der Waals surface area contributed by atoms with Crippen molar-refractivity contribution in [2.24, 2.45) is 0 Å². The smallest absolute Gasteiger partial charge is 0.261 e. The van der Waals surface area contributed by atoms with Gasteiger partial charge in [0.1, 0.15) is 4.75 Å². The average molecular weight is 360 g/mol. The van der Waals surface area contributed by atoms with Crippen LogP contribution in [0.1, 0.15) is 38.2 Å². The molecule has 1 aromatic carbocycles. The van der Waals surface area contributed by atoms with E-state index in [1.807, 2.05) is 0 Å². The third-order valence-electron chi connectivity index (χ3n) is 5.32. The number of imide groups is 1. The van der Waals surface area contributed by atoms with E-state index in [2.05, 4.69) is 5.32 Å². The van der Waals surface area contributed by atoms with Gasteiger partial charge in [0.25, 0.3) is 11.8 Å². The Hall–Kier alpha value is -2.15. The number of fused-ring (bicyclic) bond motifs is 1. The summed E-state index contributed by atoms with van der Waals surface area (Å²) >= 11 is 1.22. The van der Waals surface area contributed by atoms with Crippen molar-refractivity contribution in [3.8, 4) is 0 Å². The summed E-state index contributed by atoms with van der Waals surface area (Å²) in [7, 11) is 0. The number of nitrogens with one attached hydrogen (secondary N) is 1. The lowest BCUT2D eigenvalue weighted by Gasteiger charge is -2.23. The van der Waals surface area contributed by atoms with Gasteiger partial charge in [0.15, 0.2) is 5.82 Å². The summed E-state index contributed by atoms with van der Waals surface area (Å²) in [5.74, 6) is -1.85. The SMILES string of the molecule is CSC1(C)C(=O)Nc2ccc(N3C(=O)C4=C(CCCC4)C3=O)c(F)c21. The van der Waals surface area contributed by atoms with Gasteiger partial charge in [-0.05, 0) is 51.0 Å². The monoisotopic (exact) mass is 360 g/mol. The first-order valence-electron chi connectivity index (χ1n) is 8.20. The van der Waals surface area contributed by atoms with E-state index in [1.54, 1.807) is 19.2 Å². The van der Waals surface area contributed by atoms with E-state index in [-0.39, 0.29) is 17.2 Å². The van der Waals surface area contributed by atoms with Gasteiger partial charge in [-0.3, -0.25) is 14.4 Å². The summed E-state index contributed by atoms with van der Waals surface area (Å²) in [4.78, 5) is 38.6. The molecule has 0 fully saturated rings. The number of carbonyl (C=O) groups is 3. The second-order valence-electron chi connectivity index (χ2n) is 6.62. The third kappa shape index (κ3) is 2.05. The largest absolute Gasteiger partial charge is 0.324 e. The molecule has 5 nitrogen and oxygen atoms in total. The maximum Gasteiger partial charge on any atom is 0.261 e. The Morgan fingerprint density at radius 1 is 1.12 bits per heavy atom. The number of hydrogen-bond acceptors (Lipinski definition) is 4. The van der Waals surface area contributed by atoms with Gasteiger partial charge in [-0.25, -0.2) is 9.29 Å². The molecule has 1 N–H and O–H groups in total. The number of nitrogens with zero attached hydrogens (tertiary/aromatic N) is 1. The summed E-state index contributed by atoms with van der Waals surface area (Å²) < 4.78 is 14.2. The highest BCUT2D eigenvalue weighted by atomic mass is 32.2. The summed E-state index contributed by atoms with van der Waals surface area (Å²) in [6, 6.07) is 2.96. The number of halogens is 1. The second-order valence-corrected chi connectivity index (χ2v) is 7.85. The number of anilines is 2. The molecule has 130 valence electrons. The van der Waals surface area contributed by atoms with Gasteiger partial charge in [-0.1, -0.05) is 0 Å². The van der Waals surface area contributed by atoms with Crippen molar-refractivity contribution in [1.82, 2.24) is 0 Å². The molecule has 2 aliphatic heterocycles. The van der Waals surface area contributed by atoms with E-state index in [0.29, 0.717) is 29.7 Å². The molecule has 3 aliphatic rings. The minimum atomic E-state index is -1.09. The maximum atomic E-state index is 15.3. The number of amides is 3. The first kappa shape index (κ1) is 16.3. The van der Waals surface area contributed by atoms with E-state index in [9.17, 15) is 14.4 Å². The Balaban J connectivity index is 1.83. The van der Waals surface area contributed by atoms with Crippen molar-refractivity contribution in [3.05, 3.63) is 34.7 Å². The molecule has 0 spiro atoms. The van der Waals surface area contributed by atoms with E-state index in [0.717, 1.165) is 17.7 Å². The summed E-state index contributed by atoms with van der Waals surface area (Å²) in [5.41, 5.74) is 1.55. The predicted octanol–water partition coefficient (Wildman–Crippen LogP) is 3.10. The zero-order valence-electron chi connectivity index (χ0n) is 13.9. The van der Waals surface area contributed by atoms with Crippen LogP contribution in [0.5, 0.6) is 0 Å². The fourth-order valence-electron chi connectivity index (χ4n) is 3.82. The molecule has 25 heavy (non-hydrogen) atoms. The van der Waals surface area contributed by atoms with Crippen molar-refractivity contribution in [2.75, 3.05) is 16.5 Å². The summed E-state index contributed by atoms with van der Waals surface area (Å²) in [6.45, 7) is 1.64. The molecule has 0 aromatic heterocycles. The second kappa shape index (κ2) is 5.42. The first-order chi connectivity index (χ1) is 11.9. The molecular formula is C18H17FN2O3S. The van der Waals surface area contributed by atoms with Crippen molar-refractivity contribution >= 4 is 40.9 Å². The van der Waals surface area contributed by atoms with Gasteiger partial charge in [-0.2, -0.15) is 0 Å². The molecule has 0 bridgehead atoms. The number of carbonyl (C=O) groups excluding carboxylic acids is 3. The van der Waals surface area contributed by atoms with E-state index in [1.165, 1.54) is 17.8 Å². The van der Waals surface area contributed by atoms with Crippen LogP contribution in [0.15, 0.2) is 23.3 Å². The minimum absolute atomic E-state index is 0.0695. The molecule has 1 atom stereocenters. The fourth-order valence-corrected chi connectivity index (χ4v) is 4.46. The van der Waals surface area contributed by atoms with Crippen LogP contribution in [0.3, 0.4) is 0 Å². The standard InChI is InChI=1S/C18H17FN2O3S/c1-18(25-2)13-11(20-17(18)24)7-8-12(14(13)19)21-15(22)9-5-3-4-6-10(9)16(21)23/h7-8H,3-6H2,1-2H3,(H,20,24). The summed E-state index contributed by atoms with van der Waals surface area (Å²) in [6.07, 6.45) is 4.58. The highest BCUT2D eigenvalue weighted by Crippen LogP contribution is 2.48. The van der Waals surface area contributed by atoms with E-state index in [4.69, 9.17) is 0 Å². The Bertz CT molecular complexity index is 851. The Kier molecular flexibility index (Phi) is 3.54. The Labute approximate surface area is 148 Å². The molecule has 3 amide bonds. The minimum Gasteiger partial charge on any atom is -0.324 e. The normalized spacial score (nSPS) is 25.4. The Morgan fingerprint density at radius 3 is 2.28 bits per heavy atom. The number of benzene rings is 1. The van der Waals surface area contributed by atoms with Crippen molar-refractivity contribution < 1.29 is 18.8 Å². The van der Waals surface area contributed by atoms with Crippen LogP contribution in [0, 0.1) is 5.82 Å². The van der Waals surface area contributed by atoms with E-state index >= 15 is 4.39 Å². The van der Waals surface area contributed by atoms with Crippen LogP contribution in [0.25, 0.3) is 0 Å². The topological polar surface area (TPSA) is 66.5 Å². The molecule has 0 saturated carbocycles. The van der Waals surface area contributed by atoms with Crippen LogP contribution < -0.4 is 10.2 Å². The van der Waals surface area contributed by atoms with Gasteiger partial charge in [0, 0.05) is 22.4 Å². The molecule has 0 saturated heterocycles. The lowest BCUT2D eigenvalue weighted by atomic mass is 9.93. The van der Waals surface area contributed by atoms with E-state index < -0.39 is 22.4 Å². The van der Waals surface area contributed by atoms with Crippen LogP contribution in [-0.4, -0.2) is 24.0 Å². The number of rotatable bonds is 2. The average Bonchev–Trinajstić information content (AvgIpc) is 3.02. The van der Waals surface area contributed by atoms with Gasteiger partial charge in [0.05, 0.1) is 5.69 Å². The molecule has 1 unspecified atom stereocenters. The number of thioether (sulfide) groups is 1. The maximum absolute atomic E-state index is 15.3. The van der Waals surface area contributed by atoms with Gasteiger partial charge in [0.2, 0.25) is 5.91 Å². The van der Waals surface area contributed by atoms with Gasteiger partial charge in [-0.15, -0.1) is 11.8 Å². The van der Waals surface area contributed by atoms with Gasteiger partial charge >= 0.3 is 0 Å². The highest BCUT2D eigenvalue weighted by Gasteiger charge is 2.47. The van der Waals surface area contributed by atoms with Crippen LogP contribution in [0.4, 0.5) is 15.8 Å². The lowest BCUT2D eigenvalue weighted by Crippen LogP contribution is -2.33. The zero-order valence-corrected chi connectivity index (χ0v) is 14.8. The zero-order chi connectivity index (χ0) is 17.9. The molecule has 0 radical (unpaired) electrons. The molecule has 7 heteroatoms. The molecular weight excluding hydrogens is 343 g/mol. The van der Waals surface area contributed by atoms with Crippen LogP contribution in [0.2, 0.25) is 0 Å². The van der Waals surface area contributed by atoms with Gasteiger partial charge < -0.3 is 5.32 Å². The first-order valence-corrected chi connectivity index (χ1v) is 9.43. The fraction of sp³-hybridized carbons (Fsp3) is 0.389. The summed E-state index contributed by atoms with van der Waals surface area (Å²) in [5, 5.41) is 2.67. The molecule has 4 rings (SSSR count). The quantitative estimate of drug-likeness (QED) is 0.823. The molecule has 2 heterocycles. The van der Waals surface area contributed by atoms with Crippen molar-refractivity contribution in [2.45, 2.75) is 37.4 Å².